The molecular weight excluding hydrogens is 809 g/mol. The van der Waals surface area contributed by atoms with Crippen LogP contribution in [0.5, 0.6) is 0 Å². The lowest BCUT2D eigenvalue weighted by Crippen LogP contribution is -2.25. The van der Waals surface area contributed by atoms with E-state index < -0.39 is 5.41 Å². The molecule has 0 bridgehead atoms. The van der Waals surface area contributed by atoms with Crippen LogP contribution >= 0.6 is 0 Å². The highest BCUT2D eigenvalue weighted by molar-refractivity contribution is 5.96. The van der Waals surface area contributed by atoms with Crippen molar-refractivity contribution < 1.29 is 0 Å². The molecule has 11 aromatic rings. The SMILES string of the molecule is c1cncc(-c2cccc(-c3cccc(-c4cc(-c5cccc(-c6cccc(-c7cccnc7)c6)c5)cc(-c5ccc6c(c5)C5(c7ccccc7-c7ccccc75)c5ccccc5-6)c4)c3)c2)c1. The molecule has 0 amide bonds. The molecule has 0 aliphatic heterocycles. The van der Waals surface area contributed by atoms with Crippen LogP contribution in [0.3, 0.4) is 0 Å². The normalized spacial score (nSPS) is 12.6. The predicted molar refractivity (Wildman–Crippen MR) is 276 cm³/mol. The fourth-order valence-electron chi connectivity index (χ4n) is 11.0. The zero-order valence-electron chi connectivity index (χ0n) is 36.6. The summed E-state index contributed by atoms with van der Waals surface area (Å²) in [5, 5.41) is 0. The van der Waals surface area contributed by atoms with Crippen LogP contribution in [-0.2, 0) is 5.41 Å². The van der Waals surface area contributed by atoms with E-state index in [4.69, 9.17) is 0 Å². The minimum atomic E-state index is -0.424. The summed E-state index contributed by atoms with van der Waals surface area (Å²) in [6, 6.07) is 85.2. The molecule has 0 saturated carbocycles. The fraction of sp³-hybridized carbons (Fsp3) is 0.0154. The van der Waals surface area contributed by atoms with Crippen LogP contribution < -0.4 is 0 Å². The van der Waals surface area contributed by atoms with Crippen LogP contribution in [0.25, 0.3) is 100 Å². The Hall–Kier alpha value is -8.72. The van der Waals surface area contributed by atoms with E-state index in [1.54, 1.807) is 0 Å². The van der Waals surface area contributed by atoms with E-state index in [1.165, 1.54) is 77.9 Å². The van der Waals surface area contributed by atoms with Crippen LogP contribution in [0.2, 0.25) is 0 Å². The molecule has 2 aliphatic rings. The van der Waals surface area contributed by atoms with Gasteiger partial charge in [-0.1, -0.05) is 170 Å². The Bertz CT molecular complexity index is 3490. The van der Waals surface area contributed by atoms with Gasteiger partial charge in [-0.15, -0.1) is 0 Å². The minimum Gasteiger partial charge on any atom is -0.264 e. The lowest BCUT2D eigenvalue weighted by molar-refractivity contribution is 0.794. The summed E-state index contributed by atoms with van der Waals surface area (Å²) in [5.74, 6) is 0. The number of hydrogen-bond acceptors (Lipinski definition) is 2. The van der Waals surface area contributed by atoms with Gasteiger partial charge in [0.1, 0.15) is 0 Å². The average Bonchev–Trinajstić information content (AvgIpc) is 3.88. The summed E-state index contributed by atoms with van der Waals surface area (Å²) in [6.07, 6.45) is 7.50. The van der Waals surface area contributed by atoms with Crippen molar-refractivity contribution >= 4 is 0 Å². The smallest absolute Gasteiger partial charge is 0.0725 e. The molecule has 0 fully saturated rings. The highest BCUT2D eigenvalue weighted by atomic mass is 14.6. The summed E-state index contributed by atoms with van der Waals surface area (Å²) >= 11 is 0. The first-order valence-corrected chi connectivity index (χ1v) is 23.0. The predicted octanol–water partition coefficient (Wildman–Crippen LogP) is 16.5. The van der Waals surface area contributed by atoms with E-state index in [2.05, 4.69) is 228 Å². The molecule has 2 aromatic heterocycles. The molecular formula is C65H42N2. The second-order valence-electron chi connectivity index (χ2n) is 17.8. The first-order chi connectivity index (χ1) is 33.2. The Labute approximate surface area is 391 Å². The maximum absolute atomic E-state index is 4.39. The summed E-state index contributed by atoms with van der Waals surface area (Å²) < 4.78 is 0. The van der Waals surface area contributed by atoms with Gasteiger partial charge in [-0.25, -0.2) is 0 Å². The van der Waals surface area contributed by atoms with Crippen molar-refractivity contribution in [1.82, 2.24) is 9.97 Å². The first kappa shape index (κ1) is 38.7. The largest absolute Gasteiger partial charge is 0.264 e. The second-order valence-corrected chi connectivity index (χ2v) is 17.8. The van der Waals surface area contributed by atoms with Gasteiger partial charge >= 0.3 is 0 Å². The van der Waals surface area contributed by atoms with E-state index in [0.29, 0.717) is 0 Å². The van der Waals surface area contributed by atoms with Crippen LogP contribution in [0.1, 0.15) is 22.3 Å². The molecule has 1 spiro atoms. The third-order valence-corrected chi connectivity index (χ3v) is 14.0. The topological polar surface area (TPSA) is 25.8 Å². The van der Waals surface area contributed by atoms with E-state index in [1.807, 2.05) is 36.9 Å². The molecule has 2 aliphatic carbocycles. The van der Waals surface area contributed by atoms with Crippen molar-refractivity contribution in [2.75, 3.05) is 0 Å². The first-order valence-electron chi connectivity index (χ1n) is 23.0. The summed E-state index contributed by atoms with van der Waals surface area (Å²) in [4.78, 5) is 8.78. The van der Waals surface area contributed by atoms with E-state index in [-0.39, 0.29) is 0 Å². The molecule has 0 radical (unpaired) electrons. The van der Waals surface area contributed by atoms with Gasteiger partial charge in [0.15, 0.2) is 0 Å². The maximum Gasteiger partial charge on any atom is 0.0725 e. The molecule has 2 heteroatoms. The number of nitrogens with zero attached hydrogens (tertiary/aromatic N) is 2. The molecule has 0 saturated heterocycles. The van der Waals surface area contributed by atoms with Crippen LogP contribution in [0.4, 0.5) is 0 Å². The van der Waals surface area contributed by atoms with Gasteiger partial charge in [0.05, 0.1) is 5.41 Å². The molecule has 2 nitrogen and oxygen atoms in total. The highest BCUT2D eigenvalue weighted by Gasteiger charge is 2.51. The Morgan fingerprint density at radius 2 is 0.507 bits per heavy atom. The van der Waals surface area contributed by atoms with E-state index >= 15 is 0 Å². The summed E-state index contributed by atoms with van der Waals surface area (Å²) in [6.45, 7) is 0. The van der Waals surface area contributed by atoms with Crippen molar-refractivity contribution in [3.05, 3.63) is 278 Å². The molecule has 0 unspecified atom stereocenters. The number of pyridine rings is 2. The highest BCUT2D eigenvalue weighted by Crippen LogP contribution is 2.63. The van der Waals surface area contributed by atoms with Crippen molar-refractivity contribution in [2.45, 2.75) is 5.41 Å². The number of fused-ring (bicyclic) bond motifs is 10. The van der Waals surface area contributed by atoms with Gasteiger partial charge in [-0.2, -0.15) is 0 Å². The lowest BCUT2D eigenvalue weighted by atomic mass is 9.70. The Morgan fingerprint density at radius 1 is 0.209 bits per heavy atom. The quantitative estimate of drug-likeness (QED) is 0.160. The Morgan fingerprint density at radius 3 is 0.881 bits per heavy atom. The third-order valence-electron chi connectivity index (χ3n) is 14.0. The number of hydrogen-bond donors (Lipinski definition) is 0. The van der Waals surface area contributed by atoms with Gasteiger partial charge in [-0.05, 0) is 172 Å². The lowest BCUT2D eigenvalue weighted by Gasteiger charge is -2.30. The van der Waals surface area contributed by atoms with Gasteiger partial charge in [0.25, 0.3) is 0 Å². The van der Waals surface area contributed by atoms with Crippen molar-refractivity contribution in [1.29, 1.82) is 0 Å². The third kappa shape index (κ3) is 6.41. The summed E-state index contributed by atoms with van der Waals surface area (Å²) in [5.41, 5.74) is 26.4. The molecule has 13 rings (SSSR count). The number of benzene rings is 9. The summed E-state index contributed by atoms with van der Waals surface area (Å²) in [7, 11) is 0. The molecule has 2 heterocycles. The van der Waals surface area contributed by atoms with Gasteiger partial charge in [-0.3, -0.25) is 9.97 Å². The van der Waals surface area contributed by atoms with E-state index in [9.17, 15) is 0 Å². The van der Waals surface area contributed by atoms with E-state index in [0.717, 1.165) is 44.5 Å². The van der Waals surface area contributed by atoms with Gasteiger partial charge in [0.2, 0.25) is 0 Å². The maximum atomic E-state index is 4.39. The zero-order valence-corrected chi connectivity index (χ0v) is 36.6. The van der Waals surface area contributed by atoms with Crippen LogP contribution in [-0.4, -0.2) is 9.97 Å². The molecule has 9 aromatic carbocycles. The number of aromatic nitrogens is 2. The van der Waals surface area contributed by atoms with Crippen molar-refractivity contribution in [3.63, 3.8) is 0 Å². The monoisotopic (exact) mass is 850 g/mol. The Kier molecular flexibility index (Phi) is 9.11. The van der Waals surface area contributed by atoms with Crippen molar-refractivity contribution in [3.8, 4) is 100 Å². The van der Waals surface area contributed by atoms with Gasteiger partial charge in [0, 0.05) is 35.9 Å². The standard InChI is InChI=1S/C65H42N2/c1-4-26-61-57(23-1)58-24-2-5-27-62(58)65(61)63-28-6-3-25-59(63)60-30-29-51(40-64(60)65)56-38-54(49-19-9-15-45(35-49)43-13-7-17-47(33-43)52-21-11-31-66-41-52)37-55(39-56)50-20-10-16-46(36-50)44-14-8-18-48(34-44)53-22-12-32-67-42-53/h1-42H. The van der Waals surface area contributed by atoms with Gasteiger partial charge < -0.3 is 0 Å². The number of rotatable bonds is 7. The fourth-order valence-corrected chi connectivity index (χ4v) is 11.0. The molecule has 0 N–H and O–H groups in total. The van der Waals surface area contributed by atoms with Crippen LogP contribution in [0, 0.1) is 0 Å². The molecule has 67 heavy (non-hydrogen) atoms. The van der Waals surface area contributed by atoms with Crippen molar-refractivity contribution in [2.24, 2.45) is 0 Å². The Balaban J connectivity index is 0.986. The average molecular weight is 851 g/mol. The molecule has 312 valence electrons. The van der Waals surface area contributed by atoms with Crippen LogP contribution in [0.15, 0.2) is 255 Å². The minimum absolute atomic E-state index is 0.424. The second kappa shape index (κ2) is 15.8. The zero-order chi connectivity index (χ0) is 44.3. The molecule has 0 atom stereocenters.